The van der Waals surface area contributed by atoms with E-state index in [1.54, 1.807) is 23.1 Å². The zero-order valence-corrected chi connectivity index (χ0v) is 24.1. The highest BCUT2D eigenvalue weighted by Crippen LogP contribution is 2.43. The number of nitriles is 1. The Kier molecular flexibility index (Phi) is 9.05. The number of benzene rings is 2. The van der Waals surface area contributed by atoms with Crippen molar-refractivity contribution in [3.8, 4) is 45.7 Å². The fraction of sp³-hybridized carbons (Fsp3) is 0.276. The van der Waals surface area contributed by atoms with E-state index in [1.807, 2.05) is 41.4 Å². The van der Waals surface area contributed by atoms with E-state index >= 15 is 0 Å². The van der Waals surface area contributed by atoms with E-state index in [1.165, 1.54) is 21.3 Å². The molecule has 0 unspecified atom stereocenters. The Bertz CT molecular complexity index is 1580. The van der Waals surface area contributed by atoms with Crippen LogP contribution in [-0.4, -0.2) is 69.5 Å². The van der Waals surface area contributed by atoms with Crippen molar-refractivity contribution in [1.29, 1.82) is 5.26 Å². The molecule has 1 aliphatic rings. The van der Waals surface area contributed by atoms with Gasteiger partial charge < -0.3 is 18.9 Å². The van der Waals surface area contributed by atoms with E-state index in [9.17, 15) is 10.1 Å². The van der Waals surface area contributed by atoms with Crippen LogP contribution in [0.15, 0.2) is 64.3 Å². The van der Waals surface area contributed by atoms with Crippen LogP contribution in [0.3, 0.4) is 0 Å². The van der Waals surface area contributed by atoms with Crippen LogP contribution in [-0.2, 0) is 9.53 Å². The van der Waals surface area contributed by atoms with Crippen molar-refractivity contribution in [1.82, 2.24) is 10.3 Å². The highest BCUT2D eigenvalue weighted by molar-refractivity contribution is 8.00. The molecule has 0 aliphatic carbocycles. The Balaban J connectivity index is 1.45. The standard InChI is InChI=1S/C29H28N6O6S/c1-37-24-13-20(14-25(38-2)28(24)39-3)21-15-23(19-7-5-4-6-8-19)31-29(22(21)16-30)42-18-26(36)32-27-17-35(33-41-27)34-9-11-40-12-10-34/h4-8,13-15,17H,9-12,18H2,1-3H3/p+1. The van der Waals surface area contributed by atoms with Gasteiger partial charge in [-0.05, 0) is 23.8 Å². The maximum atomic E-state index is 12.9. The summed E-state index contributed by atoms with van der Waals surface area (Å²) in [6.07, 6.45) is 1.60. The van der Waals surface area contributed by atoms with Crippen LogP contribution < -0.4 is 29.3 Å². The number of aromatic nitrogens is 3. The lowest BCUT2D eigenvalue weighted by Crippen LogP contribution is -2.62. The maximum Gasteiger partial charge on any atom is 0.305 e. The van der Waals surface area contributed by atoms with Crippen LogP contribution in [0.25, 0.3) is 22.4 Å². The van der Waals surface area contributed by atoms with Gasteiger partial charge in [-0.3, -0.25) is 14.6 Å². The molecule has 0 atom stereocenters. The maximum absolute atomic E-state index is 12.9. The first-order chi connectivity index (χ1) is 20.5. The number of nitrogens with zero attached hydrogens (tertiary/aromatic N) is 5. The van der Waals surface area contributed by atoms with E-state index in [0.29, 0.717) is 71.0 Å². The van der Waals surface area contributed by atoms with Gasteiger partial charge in [-0.15, -0.1) is 5.01 Å². The number of thioether (sulfide) groups is 1. The number of hydrogen-bond donors (Lipinski definition) is 1. The molecule has 0 spiro atoms. The Morgan fingerprint density at radius 3 is 2.43 bits per heavy atom. The van der Waals surface area contributed by atoms with E-state index in [4.69, 9.17) is 28.5 Å². The molecule has 2 aromatic carbocycles. The van der Waals surface area contributed by atoms with Crippen molar-refractivity contribution in [2.45, 2.75) is 5.03 Å². The molecule has 13 heteroatoms. The monoisotopic (exact) mass is 589 g/mol. The van der Waals surface area contributed by atoms with Gasteiger partial charge in [0, 0.05) is 11.1 Å². The molecule has 0 saturated carbocycles. The number of carbonyl (C=O) groups is 1. The van der Waals surface area contributed by atoms with Crippen molar-refractivity contribution in [3.63, 3.8) is 0 Å². The smallest absolute Gasteiger partial charge is 0.305 e. The highest BCUT2D eigenvalue weighted by atomic mass is 32.2. The van der Waals surface area contributed by atoms with Crippen LogP contribution in [0, 0.1) is 11.3 Å². The number of carbonyl (C=O) groups excluding carboxylic acids is 1. The number of pyridine rings is 1. The SMILES string of the molecule is COc1cc(-c2cc(-c3ccccc3)nc(SCC(=O)Nc3c[n+](N4CCOCC4)no3)c2C#N)cc(OC)c1OC. The van der Waals surface area contributed by atoms with Crippen LogP contribution >= 0.6 is 11.8 Å². The summed E-state index contributed by atoms with van der Waals surface area (Å²) in [5, 5.41) is 19.3. The van der Waals surface area contributed by atoms with Gasteiger partial charge >= 0.3 is 5.88 Å². The third-order valence-corrected chi connectivity index (χ3v) is 7.45. The Morgan fingerprint density at radius 1 is 1.07 bits per heavy atom. The topological polar surface area (TPSA) is 136 Å². The molecule has 4 aromatic rings. The molecule has 3 heterocycles. The minimum Gasteiger partial charge on any atom is -0.493 e. The van der Waals surface area contributed by atoms with Gasteiger partial charge in [0.25, 0.3) is 6.20 Å². The van der Waals surface area contributed by atoms with Gasteiger partial charge in [-0.1, -0.05) is 42.1 Å². The third kappa shape index (κ3) is 6.24. The Labute approximate surface area is 246 Å². The molecule has 1 N–H and O–H groups in total. The summed E-state index contributed by atoms with van der Waals surface area (Å²) in [6.45, 7) is 2.50. The summed E-state index contributed by atoms with van der Waals surface area (Å²) in [6, 6.07) is 17.3. The van der Waals surface area contributed by atoms with Crippen LogP contribution in [0.5, 0.6) is 17.2 Å². The van der Waals surface area contributed by atoms with Gasteiger partial charge in [0.2, 0.25) is 16.9 Å². The first kappa shape index (κ1) is 28.7. The first-order valence-electron chi connectivity index (χ1n) is 13.0. The van der Waals surface area contributed by atoms with Gasteiger partial charge in [0.05, 0.1) is 69.4 Å². The second-order valence-corrected chi connectivity index (χ2v) is 9.98. The third-order valence-electron chi connectivity index (χ3n) is 6.48. The lowest BCUT2D eigenvalue weighted by molar-refractivity contribution is -0.759. The molecule has 12 nitrogen and oxygen atoms in total. The van der Waals surface area contributed by atoms with Gasteiger partial charge in [-0.25, -0.2) is 4.98 Å². The summed E-state index contributed by atoms with van der Waals surface area (Å²) in [5.74, 6) is 1.18. The van der Waals surface area contributed by atoms with Crippen molar-refractivity contribution in [2.24, 2.45) is 0 Å². The fourth-order valence-corrected chi connectivity index (χ4v) is 5.25. The van der Waals surface area contributed by atoms with Crippen molar-refractivity contribution in [2.75, 3.05) is 63.7 Å². The van der Waals surface area contributed by atoms with E-state index in [0.717, 1.165) is 17.3 Å². The number of rotatable bonds is 10. The Hall–Kier alpha value is -4.80. The van der Waals surface area contributed by atoms with E-state index < -0.39 is 0 Å². The highest BCUT2D eigenvalue weighted by Gasteiger charge is 2.25. The zero-order valence-electron chi connectivity index (χ0n) is 23.3. The van der Waals surface area contributed by atoms with Crippen LogP contribution in [0.2, 0.25) is 0 Å². The number of nitrogens with one attached hydrogen (secondary N) is 1. The molecule has 42 heavy (non-hydrogen) atoms. The minimum atomic E-state index is -0.338. The average molecular weight is 590 g/mol. The molecular weight excluding hydrogens is 560 g/mol. The molecular formula is C29H29N6O6S+. The Morgan fingerprint density at radius 2 is 1.79 bits per heavy atom. The molecule has 1 amide bonds. The number of amides is 1. The van der Waals surface area contributed by atoms with Crippen molar-refractivity contribution in [3.05, 3.63) is 60.3 Å². The number of ether oxygens (including phenoxy) is 4. The lowest BCUT2D eigenvalue weighted by Gasteiger charge is -2.18. The molecule has 5 rings (SSSR count). The zero-order chi connectivity index (χ0) is 29.5. The fourth-order valence-electron chi connectivity index (χ4n) is 4.45. The van der Waals surface area contributed by atoms with Gasteiger partial charge in [0.1, 0.15) is 11.1 Å². The molecule has 0 bridgehead atoms. The minimum absolute atomic E-state index is 0.0210. The summed E-state index contributed by atoms with van der Waals surface area (Å²) in [5.41, 5.74) is 3.09. The van der Waals surface area contributed by atoms with Crippen molar-refractivity contribution >= 4 is 23.6 Å². The van der Waals surface area contributed by atoms with Gasteiger partial charge in [0.15, 0.2) is 11.5 Å². The van der Waals surface area contributed by atoms with E-state index in [-0.39, 0.29) is 17.5 Å². The molecule has 1 saturated heterocycles. The largest absolute Gasteiger partial charge is 0.493 e. The van der Waals surface area contributed by atoms with Crippen LogP contribution in [0.1, 0.15) is 5.56 Å². The average Bonchev–Trinajstić information content (AvgIpc) is 3.51. The number of hydrogen-bond acceptors (Lipinski definition) is 11. The normalized spacial score (nSPS) is 12.9. The predicted octanol–water partition coefficient (Wildman–Crippen LogP) is 3.29. The molecule has 2 aromatic heterocycles. The summed E-state index contributed by atoms with van der Waals surface area (Å²) < 4.78 is 27.2. The summed E-state index contributed by atoms with van der Waals surface area (Å²) >= 11 is 1.15. The lowest BCUT2D eigenvalue weighted by atomic mass is 9.98. The summed E-state index contributed by atoms with van der Waals surface area (Å²) in [4.78, 5) is 19.2. The predicted molar refractivity (Wildman–Crippen MR) is 154 cm³/mol. The molecule has 1 aliphatic heterocycles. The quantitative estimate of drug-likeness (QED) is 0.216. The second kappa shape index (κ2) is 13.2. The van der Waals surface area contributed by atoms with Crippen LogP contribution in [0.4, 0.5) is 5.88 Å². The summed E-state index contributed by atoms with van der Waals surface area (Å²) in [7, 11) is 4.59. The number of anilines is 1. The van der Waals surface area contributed by atoms with Crippen molar-refractivity contribution < 1.29 is 33.1 Å². The number of morpholine rings is 1. The molecule has 216 valence electrons. The molecule has 1 fully saturated rings. The van der Waals surface area contributed by atoms with Gasteiger partial charge in [-0.2, -0.15) is 5.26 Å². The van der Waals surface area contributed by atoms with E-state index in [2.05, 4.69) is 16.7 Å². The first-order valence-corrected chi connectivity index (χ1v) is 14.0. The second-order valence-electron chi connectivity index (χ2n) is 9.02. The molecule has 0 radical (unpaired) electrons. The number of methoxy groups -OCH3 is 3.